The third-order valence-electron chi connectivity index (χ3n) is 6.61. The number of aliphatic hydroxyl groups is 1. The van der Waals surface area contributed by atoms with Gasteiger partial charge in [0.2, 0.25) is 0 Å². The minimum absolute atomic E-state index is 0.00261. The topological polar surface area (TPSA) is 87.1 Å². The van der Waals surface area contributed by atoms with E-state index in [1.165, 1.54) is 17.0 Å². The Kier molecular flexibility index (Phi) is 7.97. The molecule has 3 aromatic rings. The third-order valence-corrected chi connectivity index (χ3v) is 6.61. The number of hydrogen-bond acceptors (Lipinski definition) is 5. The lowest BCUT2D eigenvalue weighted by Crippen LogP contribution is -2.29. The Labute approximate surface area is 217 Å². The lowest BCUT2D eigenvalue weighted by molar-refractivity contribution is -0.132. The van der Waals surface area contributed by atoms with Crippen molar-refractivity contribution >= 4 is 23.1 Å². The maximum Gasteiger partial charge on any atom is 0.300 e. The summed E-state index contributed by atoms with van der Waals surface area (Å²) in [6, 6.07) is 19.8. The summed E-state index contributed by atoms with van der Waals surface area (Å²) < 4.78 is 5.76. The van der Waals surface area contributed by atoms with E-state index in [9.17, 15) is 19.8 Å². The highest BCUT2D eigenvalue weighted by molar-refractivity contribution is 6.51. The quantitative estimate of drug-likeness (QED) is 0.148. The minimum atomic E-state index is -0.901. The van der Waals surface area contributed by atoms with Gasteiger partial charge < -0.3 is 14.9 Å². The highest BCUT2D eigenvalue weighted by Gasteiger charge is 2.47. The summed E-state index contributed by atoms with van der Waals surface area (Å²) in [6.45, 7) is 6.90. The highest BCUT2D eigenvalue weighted by atomic mass is 16.5. The Morgan fingerprint density at radius 2 is 1.68 bits per heavy atom. The Morgan fingerprint density at radius 3 is 2.30 bits per heavy atom. The summed E-state index contributed by atoms with van der Waals surface area (Å²) in [7, 11) is 0. The van der Waals surface area contributed by atoms with Gasteiger partial charge in [-0.1, -0.05) is 57.9 Å². The number of rotatable bonds is 9. The normalized spacial score (nSPS) is 17.0. The number of benzene rings is 3. The van der Waals surface area contributed by atoms with Gasteiger partial charge in [-0.2, -0.15) is 0 Å². The second-order valence-corrected chi connectivity index (χ2v) is 9.59. The Hall–Kier alpha value is -4.06. The molecule has 0 spiro atoms. The van der Waals surface area contributed by atoms with Crippen LogP contribution in [0, 0.1) is 0 Å². The Bertz CT molecular complexity index is 1290. The van der Waals surface area contributed by atoms with Gasteiger partial charge in [0.05, 0.1) is 18.2 Å². The fourth-order valence-corrected chi connectivity index (χ4v) is 4.54. The number of nitrogens with zero attached hydrogens (tertiary/aromatic N) is 1. The number of unbranched alkanes of at least 4 members (excludes halogenated alkanes) is 2. The molecule has 192 valence electrons. The largest absolute Gasteiger partial charge is 0.508 e. The van der Waals surface area contributed by atoms with Crippen LogP contribution in [0.1, 0.15) is 68.7 Å². The zero-order valence-electron chi connectivity index (χ0n) is 21.5. The number of carbonyl (C=O) groups excluding carboxylic acids is 2. The van der Waals surface area contributed by atoms with Crippen LogP contribution in [0.15, 0.2) is 78.4 Å². The van der Waals surface area contributed by atoms with Crippen LogP contribution in [0.4, 0.5) is 5.69 Å². The van der Waals surface area contributed by atoms with Crippen molar-refractivity contribution in [2.24, 2.45) is 0 Å². The molecular formula is C31H33NO5. The summed E-state index contributed by atoms with van der Waals surface area (Å²) in [5.74, 6) is -0.803. The van der Waals surface area contributed by atoms with E-state index in [0.717, 1.165) is 24.8 Å². The summed E-state index contributed by atoms with van der Waals surface area (Å²) in [6.07, 6.45) is 3.16. The average Bonchev–Trinajstić information content (AvgIpc) is 3.17. The number of carbonyl (C=O) groups is 2. The number of aliphatic hydroxyl groups excluding tert-OH is 1. The molecule has 6 heteroatoms. The van der Waals surface area contributed by atoms with Crippen LogP contribution in [-0.4, -0.2) is 28.5 Å². The molecule has 2 N–H and O–H groups in total. The first-order valence-electron chi connectivity index (χ1n) is 12.7. The van der Waals surface area contributed by atoms with E-state index in [-0.39, 0.29) is 17.1 Å². The lowest BCUT2D eigenvalue weighted by Gasteiger charge is -2.26. The number of amides is 1. The molecule has 6 nitrogen and oxygen atoms in total. The Balaban J connectivity index is 1.75. The zero-order valence-corrected chi connectivity index (χ0v) is 21.5. The van der Waals surface area contributed by atoms with Crippen molar-refractivity contribution < 1.29 is 24.5 Å². The summed E-state index contributed by atoms with van der Waals surface area (Å²) in [4.78, 5) is 28.0. The molecule has 1 aliphatic rings. The Morgan fingerprint density at radius 1 is 0.973 bits per heavy atom. The molecule has 1 heterocycles. The van der Waals surface area contributed by atoms with Gasteiger partial charge in [0.15, 0.2) is 0 Å². The van der Waals surface area contributed by atoms with E-state index >= 15 is 0 Å². The monoisotopic (exact) mass is 499 g/mol. The molecule has 37 heavy (non-hydrogen) atoms. The van der Waals surface area contributed by atoms with Gasteiger partial charge >= 0.3 is 0 Å². The van der Waals surface area contributed by atoms with Gasteiger partial charge in [-0.15, -0.1) is 0 Å². The zero-order chi connectivity index (χ0) is 26.5. The molecule has 0 bridgehead atoms. The number of phenols is 1. The fourth-order valence-electron chi connectivity index (χ4n) is 4.54. The van der Waals surface area contributed by atoms with Gasteiger partial charge in [-0.05, 0) is 72.0 Å². The molecule has 3 aromatic carbocycles. The molecule has 0 saturated carbocycles. The van der Waals surface area contributed by atoms with Crippen molar-refractivity contribution in [2.75, 3.05) is 11.5 Å². The number of anilines is 1. The van der Waals surface area contributed by atoms with E-state index in [1.807, 2.05) is 12.1 Å². The van der Waals surface area contributed by atoms with Crippen LogP contribution >= 0.6 is 0 Å². The number of phenolic OH excluding ortho intramolecular Hbond substituents is 1. The smallest absolute Gasteiger partial charge is 0.300 e. The van der Waals surface area contributed by atoms with Crippen molar-refractivity contribution in [3.63, 3.8) is 0 Å². The van der Waals surface area contributed by atoms with E-state index < -0.39 is 17.7 Å². The van der Waals surface area contributed by atoms with Gasteiger partial charge in [0.1, 0.15) is 17.3 Å². The molecule has 1 fully saturated rings. The van der Waals surface area contributed by atoms with Crippen LogP contribution in [0.5, 0.6) is 11.5 Å². The third kappa shape index (κ3) is 5.53. The van der Waals surface area contributed by atoms with Crippen LogP contribution in [0.25, 0.3) is 5.76 Å². The van der Waals surface area contributed by atoms with Crippen molar-refractivity contribution in [1.82, 2.24) is 0 Å². The van der Waals surface area contributed by atoms with E-state index in [1.54, 1.807) is 48.5 Å². The van der Waals surface area contributed by atoms with Crippen molar-refractivity contribution in [3.8, 4) is 11.5 Å². The maximum absolute atomic E-state index is 13.3. The van der Waals surface area contributed by atoms with Gasteiger partial charge in [-0.25, -0.2) is 0 Å². The fraction of sp³-hybridized carbons (Fsp3) is 0.290. The van der Waals surface area contributed by atoms with Gasteiger partial charge in [0, 0.05) is 11.3 Å². The van der Waals surface area contributed by atoms with Crippen molar-refractivity contribution in [3.05, 3.63) is 95.1 Å². The summed E-state index contributed by atoms with van der Waals surface area (Å²) in [5, 5.41) is 21.5. The van der Waals surface area contributed by atoms with Gasteiger partial charge in [0.25, 0.3) is 11.7 Å². The summed E-state index contributed by atoms with van der Waals surface area (Å²) >= 11 is 0. The van der Waals surface area contributed by atoms with Gasteiger partial charge in [-0.3, -0.25) is 14.5 Å². The second-order valence-electron chi connectivity index (χ2n) is 9.59. The van der Waals surface area contributed by atoms with E-state index in [2.05, 4.69) is 20.8 Å². The molecular weight excluding hydrogens is 466 g/mol. The molecule has 1 amide bonds. The van der Waals surface area contributed by atoms with E-state index in [0.29, 0.717) is 35.1 Å². The lowest BCUT2D eigenvalue weighted by atomic mass is 9.94. The maximum atomic E-state index is 13.3. The van der Waals surface area contributed by atoms with Crippen LogP contribution in [-0.2, 0) is 9.59 Å². The molecule has 4 rings (SSSR count). The standard InChI is InChI=1S/C31H33NO5/c1-4-5-6-18-37-26-16-12-22(13-17-26)29(34)27-28(23-8-7-9-25(33)19-23)32(31(36)30(27)35)24-14-10-21(11-15-24)20(2)3/h7-17,19-20,28,33-34H,4-6,18H2,1-3H3/b29-27-. The van der Waals surface area contributed by atoms with E-state index in [4.69, 9.17) is 4.74 Å². The summed E-state index contributed by atoms with van der Waals surface area (Å²) in [5.41, 5.74) is 2.53. The molecule has 0 aliphatic carbocycles. The molecule has 1 atom stereocenters. The van der Waals surface area contributed by atoms with Crippen molar-refractivity contribution in [1.29, 1.82) is 0 Å². The first kappa shape index (κ1) is 26.0. The molecule has 1 aliphatic heterocycles. The van der Waals surface area contributed by atoms with Crippen LogP contribution in [0.3, 0.4) is 0 Å². The highest BCUT2D eigenvalue weighted by Crippen LogP contribution is 2.43. The molecule has 0 radical (unpaired) electrons. The van der Waals surface area contributed by atoms with Crippen LogP contribution < -0.4 is 9.64 Å². The molecule has 1 saturated heterocycles. The number of ketones is 1. The molecule has 1 unspecified atom stereocenters. The number of aromatic hydroxyl groups is 1. The van der Waals surface area contributed by atoms with Crippen molar-refractivity contribution in [2.45, 2.75) is 52.0 Å². The first-order chi connectivity index (χ1) is 17.8. The van der Waals surface area contributed by atoms with Crippen LogP contribution in [0.2, 0.25) is 0 Å². The molecule has 0 aromatic heterocycles. The minimum Gasteiger partial charge on any atom is -0.508 e. The predicted octanol–water partition coefficient (Wildman–Crippen LogP) is 6.71. The predicted molar refractivity (Wildman–Crippen MR) is 145 cm³/mol. The first-order valence-corrected chi connectivity index (χ1v) is 12.7. The number of hydrogen-bond donors (Lipinski definition) is 2. The average molecular weight is 500 g/mol. The second kappa shape index (κ2) is 11.3. The number of ether oxygens (including phenoxy) is 1. The number of Topliss-reactive ketones (excluding diaryl/α,β-unsaturated/α-hetero) is 1. The SMILES string of the molecule is CCCCCOc1ccc(/C(O)=C2/C(=O)C(=O)N(c3ccc(C(C)C)cc3)C2c2cccc(O)c2)cc1.